The molecule has 112 valence electrons. The van der Waals surface area contributed by atoms with Gasteiger partial charge in [0.15, 0.2) is 0 Å². The van der Waals surface area contributed by atoms with Gasteiger partial charge in [0.05, 0.1) is 5.02 Å². The topological polar surface area (TPSA) is 49.3 Å². The van der Waals surface area contributed by atoms with Crippen LogP contribution in [-0.2, 0) is 0 Å². The fraction of sp³-hybridized carbons (Fsp3) is 0. The zero-order valence-electron chi connectivity index (χ0n) is 11.8. The van der Waals surface area contributed by atoms with E-state index >= 15 is 0 Å². The normalized spacial score (nSPS) is 10.8. The molecule has 23 heavy (non-hydrogen) atoms. The number of halogens is 2. The van der Waals surface area contributed by atoms with Crippen LogP contribution in [0.1, 0.15) is 11.1 Å². The lowest BCUT2D eigenvalue weighted by Crippen LogP contribution is -1.88. The average molecular weight is 325 g/mol. The third kappa shape index (κ3) is 3.15. The molecule has 0 aliphatic rings. The predicted octanol–water partition coefficient (Wildman–Crippen LogP) is 5.36. The molecule has 0 amide bonds. The number of rotatable bonds is 3. The van der Waals surface area contributed by atoms with E-state index in [1.807, 2.05) is 36.4 Å². The largest absolute Gasteiger partial charge is 0.437 e. The summed E-state index contributed by atoms with van der Waals surface area (Å²) in [6, 6.07) is 17.3. The van der Waals surface area contributed by atoms with Crippen LogP contribution in [0.15, 0.2) is 64.0 Å². The second kappa shape index (κ2) is 6.47. The zero-order valence-corrected chi connectivity index (χ0v) is 12.6. The highest BCUT2D eigenvalue weighted by Gasteiger charge is 2.12. The van der Waals surface area contributed by atoms with Gasteiger partial charge in [-0.05, 0) is 12.1 Å². The summed E-state index contributed by atoms with van der Waals surface area (Å²) < 4.78 is 19.3. The first-order valence-electron chi connectivity index (χ1n) is 6.76. The van der Waals surface area contributed by atoms with E-state index in [-0.39, 0.29) is 22.0 Å². The third-order valence-electron chi connectivity index (χ3n) is 3.20. The van der Waals surface area contributed by atoms with Crippen LogP contribution in [0, 0.1) is 17.1 Å². The molecule has 0 aliphatic heterocycles. The second-order valence-electron chi connectivity index (χ2n) is 4.70. The summed E-state index contributed by atoms with van der Waals surface area (Å²) in [6.45, 7) is 0. The molecule has 3 nitrogen and oxygen atoms in total. The maximum Gasteiger partial charge on any atom is 0.237 e. The molecule has 1 aromatic heterocycles. The van der Waals surface area contributed by atoms with Gasteiger partial charge in [-0.2, -0.15) is 5.26 Å². The van der Waals surface area contributed by atoms with Crippen molar-refractivity contribution in [2.45, 2.75) is 0 Å². The average Bonchev–Trinajstić information content (AvgIpc) is 2.98. The number of benzene rings is 2. The van der Waals surface area contributed by atoms with Crippen molar-refractivity contribution < 1.29 is 8.81 Å². The highest BCUT2D eigenvalue weighted by molar-refractivity contribution is 6.33. The predicted molar refractivity (Wildman–Crippen MR) is 87.5 cm³/mol. The van der Waals surface area contributed by atoms with Crippen LogP contribution in [0.25, 0.3) is 11.3 Å². The van der Waals surface area contributed by atoms with Gasteiger partial charge in [0.25, 0.3) is 0 Å². The highest BCUT2D eigenvalue weighted by atomic mass is 35.5. The van der Waals surface area contributed by atoms with E-state index in [1.165, 1.54) is 18.3 Å². The van der Waals surface area contributed by atoms with E-state index in [2.05, 4.69) is 4.99 Å². The molecular formula is C18H10ClFN2O. The minimum Gasteiger partial charge on any atom is -0.437 e. The van der Waals surface area contributed by atoms with Crippen LogP contribution in [0.5, 0.6) is 0 Å². The monoisotopic (exact) mass is 324 g/mol. The van der Waals surface area contributed by atoms with Crippen molar-refractivity contribution in [1.82, 2.24) is 0 Å². The molecule has 0 unspecified atom stereocenters. The molecule has 0 fully saturated rings. The molecule has 0 N–H and O–H groups in total. The second-order valence-corrected chi connectivity index (χ2v) is 5.11. The van der Waals surface area contributed by atoms with E-state index < -0.39 is 5.82 Å². The van der Waals surface area contributed by atoms with Crippen molar-refractivity contribution in [3.05, 3.63) is 76.6 Å². The zero-order chi connectivity index (χ0) is 16.2. The quantitative estimate of drug-likeness (QED) is 0.609. The lowest BCUT2D eigenvalue weighted by atomic mass is 10.1. The summed E-state index contributed by atoms with van der Waals surface area (Å²) in [6.07, 6.45) is 1.26. The summed E-state index contributed by atoms with van der Waals surface area (Å²) >= 11 is 5.94. The summed E-state index contributed by atoms with van der Waals surface area (Å²) in [5.41, 5.74) is 1.25. The molecule has 0 spiro atoms. The van der Waals surface area contributed by atoms with Gasteiger partial charge in [0.2, 0.25) is 5.88 Å². The molecule has 0 saturated heterocycles. The summed E-state index contributed by atoms with van der Waals surface area (Å²) in [4.78, 5) is 4.08. The van der Waals surface area contributed by atoms with Crippen LogP contribution in [0.3, 0.4) is 0 Å². The first-order valence-corrected chi connectivity index (χ1v) is 7.14. The number of hydrogen-bond acceptors (Lipinski definition) is 3. The number of hydrogen-bond donors (Lipinski definition) is 0. The van der Waals surface area contributed by atoms with E-state index in [1.54, 1.807) is 12.1 Å². The summed E-state index contributed by atoms with van der Waals surface area (Å²) in [5.74, 6) is 0.147. The van der Waals surface area contributed by atoms with Gasteiger partial charge in [-0.15, -0.1) is 0 Å². The van der Waals surface area contributed by atoms with Gasteiger partial charge in [0, 0.05) is 23.4 Å². The molecule has 3 aromatic rings. The van der Waals surface area contributed by atoms with Crippen molar-refractivity contribution in [1.29, 1.82) is 5.26 Å². The smallest absolute Gasteiger partial charge is 0.237 e. The SMILES string of the molecule is N#Cc1cc(-c2ccccc2)oc1N=Cc1c(F)cccc1Cl. The lowest BCUT2D eigenvalue weighted by Gasteiger charge is -1.98. The minimum absolute atomic E-state index is 0.116. The standard InChI is InChI=1S/C18H10ClFN2O/c19-15-7-4-8-16(20)14(15)11-22-18-13(10-21)9-17(23-18)12-5-2-1-3-6-12/h1-9,11H. The Hall–Kier alpha value is -2.90. The molecule has 1 heterocycles. The van der Waals surface area contributed by atoms with Gasteiger partial charge < -0.3 is 4.42 Å². The highest BCUT2D eigenvalue weighted by Crippen LogP contribution is 2.30. The number of aliphatic imine (C=N–C) groups is 1. The van der Waals surface area contributed by atoms with Crippen LogP contribution >= 0.6 is 11.6 Å². The summed E-state index contributed by atoms with van der Waals surface area (Å²) in [7, 11) is 0. The van der Waals surface area contributed by atoms with Gasteiger partial charge in [-0.3, -0.25) is 0 Å². The van der Waals surface area contributed by atoms with Crippen LogP contribution in [-0.4, -0.2) is 6.21 Å². The van der Waals surface area contributed by atoms with Crippen molar-refractivity contribution in [2.24, 2.45) is 4.99 Å². The molecule has 2 aromatic carbocycles. The maximum absolute atomic E-state index is 13.7. The van der Waals surface area contributed by atoms with Crippen LogP contribution in [0.4, 0.5) is 10.3 Å². The molecule has 0 radical (unpaired) electrons. The Labute approximate surface area is 137 Å². The van der Waals surface area contributed by atoms with Crippen molar-refractivity contribution >= 4 is 23.7 Å². The van der Waals surface area contributed by atoms with E-state index in [0.29, 0.717) is 5.76 Å². The Bertz CT molecular complexity index is 890. The van der Waals surface area contributed by atoms with E-state index in [0.717, 1.165) is 5.56 Å². The third-order valence-corrected chi connectivity index (χ3v) is 3.53. The Balaban J connectivity index is 1.99. The van der Waals surface area contributed by atoms with Crippen molar-refractivity contribution in [3.63, 3.8) is 0 Å². The fourth-order valence-electron chi connectivity index (χ4n) is 2.06. The maximum atomic E-state index is 13.7. The molecule has 0 aliphatic carbocycles. The Morgan fingerprint density at radius 3 is 2.61 bits per heavy atom. The Morgan fingerprint density at radius 2 is 1.91 bits per heavy atom. The van der Waals surface area contributed by atoms with Gasteiger partial charge in [-0.25, -0.2) is 9.38 Å². The van der Waals surface area contributed by atoms with Crippen LogP contribution < -0.4 is 0 Å². The molecule has 0 bridgehead atoms. The number of nitriles is 1. The van der Waals surface area contributed by atoms with Crippen LogP contribution in [0.2, 0.25) is 5.02 Å². The van der Waals surface area contributed by atoms with E-state index in [4.69, 9.17) is 16.0 Å². The fourth-order valence-corrected chi connectivity index (χ4v) is 2.27. The molecule has 0 atom stereocenters. The lowest BCUT2D eigenvalue weighted by molar-refractivity contribution is 0.592. The number of furan rings is 1. The molecule has 3 rings (SSSR count). The molecule has 5 heteroatoms. The van der Waals surface area contributed by atoms with Gasteiger partial charge in [-0.1, -0.05) is 48.0 Å². The first-order chi connectivity index (χ1) is 11.2. The van der Waals surface area contributed by atoms with Crippen molar-refractivity contribution in [2.75, 3.05) is 0 Å². The first kappa shape index (κ1) is 15.0. The Morgan fingerprint density at radius 1 is 1.13 bits per heavy atom. The Kier molecular flexibility index (Phi) is 4.22. The van der Waals surface area contributed by atoms with Gasteiger partial charge in [0.1, 0.15) is 23.2 Å². The van der Waals surface area contributed by atoms with E-state index in [9.17, 15) is 9.65 Å². The number of nitrogens with zero attached hydrogens (tertiary/aromatic N) is 2. The van der Waals surface area contributed by atoms with Gasteiger partial charge >= 0.3 is 0 Å². The molecular weight excluding hydrogens is 315 g/mol. The molecule has 0 saturated carbocycles. The summed E-state index contributed by atoms with van der Waals surface area (Å²) in [5, 5.41) is 9.44. The van der Waals surface area contributed by atoms with Crippen molar-refractivity contribution in [3.8, 4) is 17.4 Å². The minimum atomic E-state index is -0.491.